The lowest BCUT2D eigenvalue weighted by Crippen LogP contribution is -2.44. The Bertz CT molecular complexity index is 559. The third kappa shape index (κ3) is 4.12. The van der Waals surface area contributed by atoms with E-state index >= 15 is 0 Å². The number of rotatable bonds is 5. The monoisotopic (exact) mass is 296 g/mol. The number of nitrogens with zero attached hydrogens (tertiary/aromatic N) is 4. The summed E-state index contributed by atoms with van der Waals surface area (Å²) in [6.45, 7) is 6.02. The van der Waals surface area contributed by atoms with Crippen molar-refractivity contribution in [2.24, 2.45) is 0 Å². The molecular weight excluding hydrogens is 272 g/mol. The van der Waals surface area contributed by atoms with Crippen LogP contribution in [0.15, 0.2) is 42.7 Å². The van der Waals surface area contributed by atoms with Gasteiger partial charge in [-0.2, -0.15) is 0 Å². The summed E-state index contributed by atoms with van der Waals surface area (Å²) in [4.78, 5) is 13.6. The first-order valence-corrected chi connectivity index (χ1v) is 8.08. The van der Waals surface area contributed by atoms with Crippen molar-refractivity contribution >= 4 is 0 Å². The molecule has 1 aliphatic rings. The van der Waals surface area contributed by atoms with Crippen molar-refractivity contribution in [1.29, 1.82) is 0 Å². The van der Waals surface area contributed by atoms with Gasteiger partial charge in [-0.1, -0.05) is 24.3 Å². The Morgan fingerprint density at radius 1 is 0.955 bits per heavy atom. The zero-order chi connectivity index (χ0) is 15.2. The highest BCUT2D eigenvalue weighted by atomic mass is 15.2. The molecule has 0 unspecified atom stereocenters. The van der Waals surface area contributed by atoms with Gasteiger partial charge in [0.05, 0.1) is 0 Å². The van der Waals surface area contributed by atoms with Crippen molar-refractivity contribution in [2.45, 2.75) is 12.8 Å². The average molecular weight is 296 g/mol. The lowest BCUT2D eigenvalue weighted by atomic mass is 10.1. The molecule has 0 amide bonds. The quantitative estimate of drug-likeness (QED) is 0.847. The van der Waals surface area contributed by atoms with Crippen molar-refractivity contribution in [3.8, 4) is 11.4 Å². The van der Waals surface area contributed by atoms with Crippen molar-refractivity contribution in [3.63, 3.8) is 0 Å². The fourth-order valence-electron chi connectivity index (χ4n) is 2.85. The van der Waals surface area contributed by atoms with Gasteiger partial charge in [0.25, 0.3) is 0 Å². The third-order valence-electron chi connectivity index (χ3n) is 4.31. The van der Waals surface area contributed by atoms with Gasteiger partial charge in [-0.15, -0.1) is 0 Å². The van der Waals surface area contributed by atoms with Crippen LogP contribution < -0.4 is 0 Å². The number of benzene rings is 1. The number of hydrogen-bond donors (Lipinski definition) is 0. The molecule has 0 N–H and O–H groups in total. The topological polar surface area (TPSA) is 32.3 Å². The molecule has 2 heterocycles. The van der Waals surface area contributed by atoms with E-state index in [0.29, 0.717) is 0 Å². The third-order valence-corrected chi connectivity index (χ3v) is 4.31. The molecule has 22 heavy (non-hydrogen) atoms. The molecule has 1 aromatic heterocycles. The molecule has 0 radical (unpaired) electrons. The molecule has 2 aromatic rings. The maximum Gasteiger partial charge on any atom is 0.159 e. The second-order valence-electron chi connectivity index (χ2n) is 6.02. The Morgan fingerprint density at radius 2 is 1.64 bits per heavy atom. The maximum atomic E-state index is 4.29. The summed E-state index contributed by atoms with van der Waals surface area (Å²) in [5.74, 6) is 0.798. The molecule has 0 spiro atoms. The van der Waals surface area contributed by atoms with Crippen LogP contribution in [0.5, 0.6) is 0 Å². The first-order valence-electron chi connectivity index (χ1n) is 8.08. The number of hydrogen-bond acceptors (Lipinski definition) is 4. The summed E-state index contributed by atoms with van der Waals surface area (Å²) < 4.78 is 0. The SMILES string of the molecule is CN1CCN(CCCc2ccc(-c3ncccn3)cc2)CC1. The van der Waals surface area contributed by atoms with E-state index < -0.39 is 0 Å². The second-order valence-corrected chi connectivity index (χ2v) is 6.02. The number of aromatic nitrogens is 2. The number of likely N-dealkylation sites (N-methyl/N-ethyl adjacent to an activating group) is 1. The van der Waals surface area contributed by atoms with Crippen LogP contribution in [0.1, 0.15) is 12.0 Å². The molecule has 116 valence electrons. The summed E-state index contributed by atoms with van der Waals surface area (Å²) in [7, 11) is 2.20. The zero-order valence-electron chi connectivity index (χ0n) is 13.3. The van der Waals surface area contributed by atoms with Crippen molar-refractivity contribution in [3.05, 3.63) is 48.3 Å². The summed E-state index contributed by atoms with van der Waals surface area (Å²) in [6.07, 6.45) is 5.94. The van der Waals surface area contributed by atoms with Crippen LogP contribution in [-0.2, 0) is 6.42 Å². The summed E-state index contributed by atoms with van der Waals surface area (Å²) in [6, 6.07) is 10.5. The standard InChI is InChI=1S/C18H24N4/c1-21-12-14-22(15-13-21)11-2-4-16-5-7-17(8-6-16)18-19-9-3-10-20-18/h3,5-10H,2,4,11-15H2,1H3. The van der Waals surface area contributed by atoms with Crippen LogP contribution in [-0.4, -0.2) is 59.5 Å². The minimum atomic E-state index is 0.798. The summed E-state index contributed by atoms with van der Waals surface area (Å²) in [5, 5.41) is 0. The zero-order valence-corrected chi connectivity index (χ0v) is 13.3. The molecule has 3 rings (SSSR count). The van der Waals surface area contributed by atoms with Crippen molar-refractivity contribution in [2.75, 3.05) is 39.8 Å². The predicted octanol–water partition coefficient (Wildman–Crippen LogP) is 2.32. The molecule has 0 saturated carbocycles. The fraction of sp³-hybridized carbons (Fsp3) is 0.444. The van der Waals surface area contributed by atoms with Gasteiger partial charge in [-0.05, 0) is 38.1 Å². The minimum absolute atomic E-state index is 0.798. The molecule has 0 aliphatic carbocycles. The van der Waals surface area contributed by atoms with Crippen LogP contribution in [0.2, 0.25) is 0 Å². The van der Waals surface area contributed by atoms with Crippen LogP contribution in [0.25, 0.3) is 11.4 Å². The molecule has 1 fully saturated rings. The van der Waals surface area contributed by atoms with Gasteiger partial charge in [0.2, 0.25) is 0 Å². The van der Waals surface area contributed by atoms with Gasteiger partial charge in [-0.3, -0.25) is 0 Å². The highest BCUT2D eigenvalue weighted by Gasteiger charge is 2.12. The van der Waals surface area contributed by atoms with Gasteiger partial charge in [0.15, 0.2) is 5.82 Å². The average Bonchev–Trinajstić information content (AvgIpc) is 2.58. The van der Waals surface area contributed by atoms with Gasteiger partial charge < -0.3 is 9.80 Å². The van der Waals surface area contributed by atoms with Crippen molar-refractivity contribution < 1.29 is 0 Å². The lowest BCUT2D eigenvalue weighted by Gasteiger charge is -2.32. The van der Waals surface area contributed by atoms with E-state index in [0.717, 1.165) is 17.8 Å². The molecular formula is C18H24N4. The Hall–Kier alpha value is -1.78. The van der Waals surface area contributed by atoms with Gasteiger partial charge in [0.1, 0.15) is 0 Å². The van der Waals surface area contributed by atoms with Gasteiger partial charge in [-0.25, -0.2) is 9.97 Å². The van der Waals surface area contributed by atoms with E-state index in [9.17, 15) is 0 Å². The Balaban J connectivity index is 1.47. The van der Waals surface area contributed by atoms with Crippen LogP contribution in [0.3, 0.4) is 0 Å². The molecule has 0 atom stereocenters. The van der Waals surface area contributed by atoms with E-state index in [1.807, 2.05) is 6.07 Å². The normalized spacial score (nSPS) is 16.8. The first-order chi connectivity index (χ1) is 10.8. The molecule has 1 aliphatic heterocycles. The van der Waals surface area contributed by atoms with Gasteiger partial charge >= 0.3 is 0 Å². The molecule has 1 aromatic carbocycles. The minimum Gasteiger partial charge on any atom is -0.304 e. The predicted molar refractivity (Wildman–Crippen MR) is 89.7 cm³/mol. The van der Waals surface area contributed by atoms with Crippen LogP contribution in [0, 0.1) is 0 Å². The van der Waals surface area contributed by atoms with E-state index in [-0.39, 0.29) is 0 Å². The van der Waals surface area contributed by atoms with E-state index in [1.54, 1.807) is 12.4 Å². The van der Waals surface area contributed by atoms with E-state index in [1.165, 1.54) is 44.7 Å². The smallest absolute Gasteiger partial charge is 0.159 e. The van der Waals surface area contributed by atoms with Gasteiger partial charge in [0, 0.05) is 44.1 Å². The lowest BCUT2D eigenvalue weighted by molar-refractivity contribution is 0.153. The Labute approximate surface area is 132 Å². The maximum absolute atomic E-state index is 4.29. The fourth-order valence-corrected chi connectivity index (χ4v) is 2.85. The first kappa shape index (κ1) is 15.1. The Morgan fingerprint density at radius 3 is 2.32 bits per heavy atom. The molecule has 4 heteroatoms. The van der Waals surface area contributed by atoms with Crippen molar-refractivity contribution in [1.82, 2.24) is 19.8 Å². The largest absolute Gasteiger partial charge is 0.304 e. The van der Waals surface area contributed by atoms with E-state index in [2.05, 4.69) is 51.1 Å². The molecule has 4 nitrogen and oxygen atoms in total. The summed E-state index contributed by atoms with van der Waals surface area (Å²) >= 11 is 0. The second kappa shape index (κ2) is 7.47. The Kier molecular flexibility index (Phi) is 5.14. The highest BCUT2D eigenvalue weighted by molar-refractivity contribution is 5.54. The highest BCUT2D eigenvalue weighted by Crippen LogP contribution is 2.15. The number of aryl methyl sites for hydroxylation is 1. The summed E-state index contributed by atoms with van der Waals surface area (Å²) in [5.41, 5.74) is 2.48. The molecule has 0 bridgehead atoms. The van der Waals surface area contributed by atoms with E-state index in [4.69, 9.17) is 0 Å². The molecule has 1 saturated heterocycles. The number of piperazine rings is 1. The van der Waals surface area contributed by atoms with Crippen LogP contribution >= 0.6 is 0 Å². The van der Waals surface area contributed by atoms with Crippen LogP contribution in [0.4, 0.5) is 0 Å².